The molecule has 1 fully saturated rings. The number of amides is 2. The summed E-state index contributed by atoms with van der Waals surface area (Å²) in [5.74, 6) is -1.07. The van der Waals surface area contributed by atoms with Crippen LogP contribution in [0.1, 0.15) is 12.5 Å². The van der Waals surface area contributed by atoms with Gasteiger partial charge in [-0.1, -0.05) is 30.3 Å². The zero-order valence-electron chi connectivity index (χ0n) is 10.2. The number of imide groups is 1. The van der Waals surface area contributed by atoms with Gasteiger partial charge in [-0.25, -0.2) is 9.69 Å². The second kappa shape index (κ2) is 4.25. The van der Waals surface area contributed by atoms with Crippen LogP contribution < -0.4 is 0 Å². The Balaban J connectivity index is 2.38. The van der Waals surface area contributed by atoms with Gasteiger partial charge < -0.3 is 4.74 Å². The highest BCUT2D eigenvalue weighted by atomic mass is 16.6. The van der Waals surface area contributed by atoms with Crippen molar-refractivity contribution in [2.75, 3.05) is 7.05 Å². The Morgan fingerprint density at radius 1 is 1.28 bits per heavy atom. The van der Waals surface area contributed by atoms with Gasteiger partial charge >= 0.3 is 6.09 Å². The molecular formula is C13H13NO4. The molecule has 5 nitrogen and oxygen atoms in total. The minimum Gasteiger partial charge on any atom is -0.424 e. The normalized spacial score (nSPS) is 23.1. The van der Waals surface area contributed by atoms with Crippen LogP contribution in [-0.2, 0) is 20.7 Å². The molecule has 1 heterocycles. The number of hydrogen-bond acceptors (Lipinski definition) is 4. The maximum atomic E-state index is 12.0. The van der Waals surface area contributed by atoms with Gasteiger partial charge in [0.1, 0.15) is 0 Å². The van der Waals surface area contributed by atoms with Crippen LogP contribution in [0.5, 0.6) is 0 Å². The van der Waals surface area contributed by atoms with Crippen LogP contribution in [0.2, 0.25) is 0 Å². The molecular weight excluding hydrogens is 234 g/mol. The summed E-state index contributed by atoms with van der Waals surface area (Å²) in [5, 5.41) is 0. The van der Waals surface area contributed by atoms with Crippen LogP contribution >= 0.6 is 0 Å². The molecule has 1 aliphatic rings. The summed E-state index contributed by atoms with van der Waals surface area (Å²) in [4.78, 5) is 36.1. The molecule has 18 heavy (non-hydrogen) atoms. The Labute approximate surface area is 104 Å². The topological polar surface area (TPSA) is 63.7 Å². The molecule has 1 atom stereocenters. The summed E-state index contributed by atoms with van der Waals surface area (Å²) in [6.07, 6.45) is -0.718. The van der Waals surface area contributed by atoms with Crippen molar-refractivity contribution in [1.29, 1.82) is 0 Å². The van der Waals surface area contributed by atoms with Crippen molar-refractivity contribution in [3.05, 3.63) is 35.9 Å². The van der Waals surface area contributed by atoms with Crippen molar-refractivity contribution in [3.8, 4) is 0 Å². The molecule has 0 bridgehead atoms. The van der Waals surface area contributed by atoms with Crippen molar-refractivity contribution < 1.29 is 19.1 Å². The molecule has 0 aliphatic carbocycles. The average Bonchev–Trinajstić information content (AvgIpc) is 2.56. The Bertz CT molecular complexity index is 511. The van der Waals surface area contributed by atoms with E-state index in [1.165, 1.54) is 14.0 Å². The van der Waals surface area contributed by atoms with E-state index < -0.39 is 23.4 Å². The SMILES string of the molecule is CC(=O)[C@@]1(Cc2ccccc2)OC(=O)N(C)C1=O. The van der Waals surface area contributed by atoms with E-state index in [1.54, 1.807) is 24.3 Å². The molecule has 1 aliphatic heterocycles. The van der Waals surface area contributed by atoms with Gasteiger partial charge in [-0.15, -0.1) is 0 Å². The van der Waals surface area contributed by atoms with E-state index in [2.05, 4.69) is 0 Å². The number of hydrogen-bond donors (Lipinski definition) is 0. The highest BCUT2D eigenvalue weighted by Crippen LogP contribution is 2.28. The van der Waals surface area contributed by atoms with Gasteiger partial charge in [-0.2, -0.15) is 0 Å². The number of carbonyl (C=O) groups is 3. The molecule has 0 radical (unpaired) electrons. The van der Waals surface area contributed by atoms with Crippen molar-refractivity contribution >= 4 is 17.8 Å². The molecule has 1 aromatic rings. The molecule has 1 aromatic carbocycles. The van der Waals surface area contributed by atoms with E-state index in [1.807, 2.05) is 6.07 Å². The summed E-state index contributed by atoms with van der Waals surface area (Å²) in [5.41, 5.74) is -0.933. The lowest BCUT2D eigenvalue weighted by molar-refractivity contribution is -0.146. The lowest BCUT2D eigenvalue weighted by Crippen LogP contribution is -2.47. The number of ether oxygens (including phenoxy) is 1. The molecule has 0 aromatic heterocycles. The minimum absolute atomic E-state index is 0.0675. The fourth-order valence-electron chi connectivity index (χ4n) is 1.96. The highest BCUT2D eigenvalue weighted by molar-refractivity contribution is 6.17. The van der Waals surface area contributed by atoms with Crippen LogP contribution in [-0.4, -0.2) is 35.3 Å². The second-order valence-corrected chi connectivity index (χ2v) is 4.28. The summed E-state index contributed by atoms with van der Waals surface area (Å²) in [6.45, 7) is 1.26. The van der Waals surface area contributed by atoms with E-state index in [0.29, 0.717) is 0 Å². The number of cyclic esters (lactones) is 1. The van der Waals surface area contributed by atoms with Gasteiger partial charge in [0.2, 0.25) is 0 Å². The van der Waals surface area contributed by atoms with Crippen LogP contribution in [0.25, 0.3) is 0 Å². The maximum Gasteiger partial charge on any atom is 0.417 e. The molecule has 2 amide bonds. The van der Waals surface area contributed by atoms with Crippen LogP contribution in [0.15, 0.2) is 30.3 Å². The van der Waals surface area contributed by atoms with Gasteiger partial charge in [-0.05, 0) is 12.5 Å². The third-order valence-electron chi connectivity index (χ3n) is 3.05. The van der Waals surface area contributed by atoms with Crippen LogP contribution in [0.4, 0.5) is 4.79 Å². The van der Waals surface area contributed by atoms with Gasteiger partial charge in [0.05, 0.1) is 0 Å². The predicted octanol–water partition coefficient (Wildman–Crippen LogP) is 1.17. The number of ketones is 1. The highest BCUT2D eigenvalue weighted by Gasteiger charge is 2.56. The van der Waals surface area contributed by atoms with E-state index in [4.69, 9.17) is 4.74 Å². The number of nitrogens with zero attached hydrogens (tertiary/aromatic N) is 1. The summed E-state index contributed by atoms with van der Waals surface area (Å²) in [7, 11) is 1.31. The first kappa shape index (κ1) is 12.3. The van der Waals surface area contributed by atoms with Gasteiger partial charge in [0.25, 0.3) is 11.5 Å². The van der Waals surface area contributed by atoms with Crippen molar-refractivity contribution in [3.63, 3.8) is 0 Å². The summed E-state index contributed by atoms with van der Waals surface area (Å²) >= 11 is 0. The van der Waals surface area contributed by atoms with Gasteiger partial charge in [0.15, 0.2) is 5.78 Å². The third kappa shape index (κ3) is 1.77. The third-order valence-corrected chi connectivity index (χ3v) is 3.05. The Morgan fingerprint density at radius 2 is 1.89 bits per heavy atom. The maximum absolute atomic E-state index is 12.0. The Kier molecular flexibility index (Phi) is 2.90. The quantitative estimate of drug-likeness (QED) is 0.752. The van der Waals surface area contributed by atoms with Crippen molar-refractivity contribution in [1.82, 2.24) is 4.90 Å². The first-order valence-electron chi connectivity index (χ1n) is 5.53. The molecule has 0 spiro atoms. The summed E-state index contributed by atoms with van der Waals surface area (Å²) in [6, 6.07) is 9.00. The number of likely N-dealkylation sites (N-methyl/N-ethyl adjacent to an activating group) is 1. The Hall–Kier alpha value is -2.17. The largest absolute Gasteiger partial charge is 0.424 e. The molecule has 94 valence electrons. The zero-order chi connectivity index (χ0) is 13.3. The lowest BCUT2D eigenvalue weighted by atomic mass is 9.90. The molecule has 0 unspecified atom stereocenters. The molecule has 2 rings (SSSR count). The smallest absolute Gasteiger partial charge is 0.417 e. The van der Waals surface area contributed by atoms with Crippen LogP contribution in [0.3, 0.4) is 0 Å². The van der Waals surface area contributed by atoms with Crippen LogP contribution in [0, 0.1) is 0 Å². The molecule has 5 heteroatoms. The monoisotopic (exact) mass is 247 g/mol. The van der Waals surface area contributed by atoms with Gasteiger partial charge in [-0.3, -0.25) is 9.59 Å². The van der Waals surface area contributed by atoms with Crippen molar-refractivity contribution in [2.24, 2.45) is 0 Å². The average molecular weight is 247 g/mol. The van der Waals surface area contributed by atoms with Crippen molar-refractivity contribution in [2.45, 2.75) is 18.9 Å². The number of carbonyl (C=O) groups excluding carboxylic acids is 3. The zero-order valence-corrected chi connectivity index (χ0v) is 10.2. The van der Waals surface area contributed by atoms with E-state index in [0.717, 1.165) is 10.5 Å². The standard InChI is InChI=1S/C13H13NO4/c1-9(15)13(8-10-6-4-3-5-7-10)11(16)14(2)12(17)18-13/h3-7H,8H2,1-2H3/t13-/m1/s1. The number of rotatable bonds is 3. The minimum atomic E-state index is -1.70. The molecule has 0 N–H and O–H groups in total. The Morgan fingerprint density at radius 3 is 2.33 bits per heavy atom. The molecule has 1 saturated heterocycles. The number of Topliss-reactive ketones (excluding diaryl/α,β-unsaturated/α-hetero) is 1. The first-order chi connectivity index (χ1) is 8.47. The molecule has 0 saturated carbocycles. The van der Waals surface area contributed by atoms with E-state index in [9.17, 15) is 14.4 Å². The first-order valence-corrected chi connectivity index (χ1v) is 5.53. The van der Waals surface area contributed by atoms with E-state index >= 15 is 0 Å². The van der Waals surface area contributed by atoms with Gasteiger partial charge in [0, 0.05) is 13.5 Å². The second-order valence-electron chi connectivity index (χ2n) is 4.28. The fourth-order valence-corrected chi connectivity index (χ4v) is 1.96. The lowest BCUT2D eigenvalue weighted by Gasteiger charge is -2.21. The fraction of sp³-hybridized carbons (Fsp3) is 0.308. The summed E-state index contributed by atoms with van der Waals surface area (Å²) < 4.78 is 5.03. The number of benzene rings is 1. The predicted molar refractivity (Wildman–Crippen MR) is 62.8 cm³/mol. The van der Waals surface area contributed by atoms with E-state index in [-0.39, 0.29) is 6.42 Å².